The zero-order chi connectivity index (χ0) is 19.2. The normalized spacial score (nSPS) is 11.4. The first-order chi connectivity index (χ1) is 14.4. The number of fused-ring (bicyclic) bond motifs is 2. The van der Waals surface area contributed by atoms with Gasteiger partial charge in [-0.05, 0) is 35.7 Å². The van der Waals surface area contributed by atoms with Gasteiger partial charge in [-0.25, -0.2) is 4.98 Å². The summed E-state index contributed by atoms with van der Waals surface area (Å²) in [6.07, 6.45) is 3.55. The number of rotatable bonds is 3. The molecule has 29 heavy (non-hydrogen) atoms. The van der Waals surface area contributed by atoms with E-state index >= 15 is 0 Å². The highest BCUT2D eigenvalue weighted by Crippen LogP contribution is 2.33. The van der Waals surface area contributed by atoms with Crippen LogP contribution in [-0.2, 0) is 0 Å². The first kappa shape index (κ1) is 16.1. The molecule has 6 aromatic rings. The Morgan fingerprint density at radius 2 is 1.86 bits per heavy atom. The molecule has 0 spiro atoms. The first-order valence-corrected chi connectivity index (χ1v) is 10.0. The molecule has 0 saturated carbocycles. The van der Waals surface area contributed by atoms with Gasteiger partial charge in [-0.1, -0.05) is 24.3 Å². The van der Waals surface area contributed by atoms with Gasteiger partial charge >= 0.3 is 0 Å². The Kier molecular flexibility index (Phi) is 3.54. The van der Waals surface area contributed by atoms with E-state index in [0.717, 1.165) is 50.4 Å². The van der Waals surface area contributed by atoms with Gasteiger partial charge in [0.15, 0.2) is 5.82 Å². The Bertz CT molecular complexity index is 1450. The third kappa shape index (κ3) is 2.63. The van der Waals surface area contributed by atoms with E-state index in [-0.39, 0.29) is 0 Å². The van der Waals surface area contributed by atoms with Crippen LogP contribution in [0.4, 0.5) is 0 Å². The Labute approximate surface area is 169 Å². The first-order valence-electron chi connectivity index (χ1n) is 9.15. The molecule has 5 heterocycles. The molecule has 1 aromatic carbocycles. The Morgan fingerprint density at radius 1 is 0.862 bits per heavy atom. The number of hydrogen-bond donors (Lipinski definition) is 2. The molecule has 6 rings (SSSR count). The van der Waals surface area contributed by atoms with Gasteiger partial charge in [0.1, 0.15) is 5.69 Å². The summed E-state index contributed by atoms with van der Waals surface area (Å²) in [5.41, 5.74) is 6.31. The number of pyridine rings is 2. The fourth-order valence-corrected chi connectivity index (χ4v) is 4.28. The number of nitrogens with one attached hydrogen (secondary N) is 2. The van der Waals surface area contributed by atoms with Crippen molar-refractivity contribution < 1.29 is 0 Å². The zero-order valence-electron chi connectivity index (χ0n) is 15.1. The predicted molar refractivity (Wildman–Crippen MR) is 116 cm³/mol. The number of hydrogen-bond acceptors (Lipinski definition) is 5. The molecule has 5 aromatic heterocycles. The average molecular weight is 394 g/mol. The molecule has 0 unspecified atom stereocenters. The van der Waals surface area contributed by atoms with E-state index in [0.29, 0.717) is 0 Å². The minimum absolute atomic E-state index is 0.730. The Hall–Kier alpha value is -3.84. The number of thiophene rings is 1. The van der Waals surface area contributed by atoms with Crippen LogP contribution < -0.4 is 0 Å². The SMILES string of the molecule is c1ccc(-c2cc3c(-c4nc5c(-c6cccs6)cccc5[nH]4)n[nH]c3cn2)nc1. The lowest BCUT2D eigenvalue weighted by Crippen LogP contribution is -1.87. The fourth-order valence-electron chi connectivity index (χ4n) is 3.53. The van der Waals surface area contributed by atoms with Gasteiger partial charge in [0.2, 0.25) is 0 Å². The second kappa shape index (κ2) is 6.35. The molecule has 2 N–H and O–H groups in total. The van der Waals surface area contributed by atoms with Gasteiger partial charge in [0.05, 0.1) is 34.1 Å². The molecule has 0 radical (unpaired) electrons. The summed E-state index contributed by atoms with van der Waals surface area (Å²) >= 11 is 1.71. The summed E-state index contributed by atoms with van der Waals surface area (Å²) in [6.45, 7) is 0. The van der Waals surface area contributed by atoms with Gasteiger partial charge in [0.25, 0.3) is 0 Å². The van der Waals surface area contributed by atoms with Gasteiger partial charge in [0, 0.05) is 22.0 Å². The molecular formula is C22H14N6S. The quantitative estimate of drug-likeness (QED) is 0.427. The van der Waals surface area contributed by atoms with Gasteiger partial charge in [-0.3, -0.25) is 15.1 Å². The minimum atomic E-state index is 0.730. The molecule has 0 aliphatic rings. The van der Waals surface area contributed by atoms with E-state index < -0.39 is 0 Å². The van der Waals surface area contributed by atoms with E-state index in [1.165, 1.54) is 4.88 Å². The summed E-state index contributed by atoms with van der Waals surface area (Å²) in [6, 6.07) is 18.2. The molecule has 0 aliphatic heterocycles. The van der Waals surface area contributed by atoms with Crippen LogP contribution in [0.2, 0.25) is 0 Å². The highest BCUT2D eigenvalue weighted by atomic mass is 32.1. The number of imidazole rings is 1. The van der Waals surface area contributed by atoms with E-state index in [9.17, 15) is 0 Å². The molecule has 138 valence electrons. The fraction of sp³-hybridized carbons (Fsp3) is 0. The van der Waals surface area contributed by atoms with Crippen LogP contribution in [0, 0.1) is 0 Å². The maximum absolute atomic E-state index is 4.90. The van der Waals surface area contributed by atoms with Crippen molar-refractivity contribution in [3.8, 4) is 33.3 Å². The van der Waals surface area contributed by atoms with Gasteiger partial charge in [-0.15, -0.1) is 11.3 Å². The average Bonchev–Trinajstić information content (AvgIpc) is 3.52. The second-order valence-corrected chi connectivity index (χ2v) is 7.61. The molecule has 0 aliphatic carbocycles. The highest BCUT2D eigenvalue weighted by molar-refractivity contribution is 7.13. The standard InChI is InChI=1S/C22H14N6S/c1-2-9-23-15(6-1)17-11-14-18(12-24-17)27-28-21(14)22-25-16-7-3-5-13(20(16)26-22)19-8-4-10-29-19/h1-12H,(H,25,26)(H,27,28). The Balaban J connectivity index is 1.53. The number of nitrogens with zero attached hydrogens (tertiary/aromatic N) is 4. The number of H-pyrrole nitrogens is 2. The molecule has 6 nitrogen and oxygen atoms in total. The maximum atomic E-state index is 4.90. The number of para-hydroxylation sites is 1. The van der Waals surface area contributed by atoms with Crippen molar-refractivity contribution in [1.29, 1.82) is 0 Å². The van der Waals surface area contributed by atoms with Crippen molar-refractivity contribution in [2.75, 3.05) is 0 Å². The van der Waals surface area contributed by atoms with Crippen LogP contribution in [-0.4, -0.2) is 30.1 Å². The molecule has 0 saturated heterocycles. The molecular weight excluding hydrogens is 380 g/mol. The van der Waals surface area contributed by atoms with Crippen molar-refractivity contribution in [3.63, 3.8) is 0 Å². The van der Waals surface area contributed by atoms with Gasteiger partial charge in [-0.2, -0.15) is 5.10 Å². The van der Waals surface area contributed by atoms with Gasteiger partial charge < -0.3 is 4.98 Å². The lowest BCUT2D eigenvalue weighted by atomic mass is 10.1. The predicted octanol–water partition coefficient (Wildman–Crippen LogP) is 5.29. The van der Waals surface area contributed by atoms with Crippen LogP contribution in [0.15, 0.2) is 72.4 Å². The number of benzene rings is 1. The smallest absolute Gasteiger partial charge is 0.159 e. The molecule has 0 fully saturated rings. The van der Waals surface area contributed by atoms with E-state index in [2.05, 4.69) is 48.7 Å². The molecule has 0 amide bonds. The largest absolute Gasteiger partial charge is 0.337 e. The van der Waals surface area contributed by atoms with Crippen molar-refractivity contribution in [2.24, 2.45) is 0 Å². The van der Waals surface area contributed by atoms with Crippen LogP contribution in [0.25, 0.3) is 55.3 Å². The monoisotopic (exact) mass is 394 g/mol. The second-order valence-electron chi connectivity index (χ2n) is 6.67. The van der Waals surface area contributed by atoms with Crippen LogP contribution >= 0.6 is 11.3 Å². The van der Waals surface area contributed by atoms with E-state index in [4.69, 9.17) is 4.98 Å². The number of aromatic nitrogens is 6. The van der Waals surface area contributed by atoms with Crippen molar-refractivity contribution in [3.05, 3.63) is 72.4 Å². The zero-order valence-corrected chi connectivity index (χ0v) is 15.9. The van der Waals surface area contributed by atoms with Crippen LogP contribution in [0.3, 0.4) is 0 Å². The van der Waals surface area contributed by atoms with Crippen LogP contribution in [0.5, 0.6) is 0 Å². The summed E-state index contributed by atoms with van der Waals surface area (Å²) in [5, 5.41) is 10.6. The minimum Gasteiger partial charge on any atom is -0.337 e. The summed E-state index contributed by atoms with van der Waals surface area (Å²) in [4.78, 5) is 18.4. The lowest BCUT2D eigenvalue weighted by Gasteiger charge is -2.00. The van der Waals surface area contributed by atoms with E-state index in [1.54, 1.807) is 23.7 Å². The van der Waals surface area contributed by atoms with Crippen molar-refractivity contribution in [1.82, 2.24) is 30.1 Å². The summed E-state index contributed by atoms with van der Waals surface area (Å²) in [5.74, 6) is 0.730. The molecule has 0 bridgehead atoms. The third-order valence-electron chi connectivity index (χ3n) is 4.90. The summed E-state index contributed by atoms with van der Waals surface area (Å²) < 4.78 is 0. The number of aromatic amines is 2. The Morgan fingerprint density at radius 3 is 2.72 bits per heavy atom. The topological polar surface area (TPSA) is 83.1 Å². The van der Waals surface area contributed by atoms with E-state index in [1.807, 2.05) is 36.4 Å². The van der Waals surface area contributed by atoms with Crippen LogP contribution in [0.1, 0.15) is 0 Å². The molecule has 0 atom stereocenters. The lowest BCUT2D eigenvalue weighted by molar-refractivity contribution is 1.10. The third-order valence-corrected chi connectivity index (χ3v) is 5.80. The molecule has 7 heteroatoms. The van der Waals surface area contributed by atoms with Crippen molar-refractivity contribution in [2.45, 2.75) is 0 Å². The van der Waals surface area contributed by atoms with Crippen molar-refractivity contribution >= 4 is 33.3 Å². The maximum Gasteiger partial charge on any atom is 0.159 e. The summed E-state index contributed by atoms with van der Waals surface area (Å²) in [7, 11) is 0. The highest BCUT2D eigenvalue weighted by Gasteiger charge is 2.16.